The standard InChI is InChI=1S/C11H14N4O/c1-7(6-12)10(16)15-11-13-8-4-2-3-5-9(8)14-11/h2-5,7H,6,12H2,1H3,(H2,13,14,15,16). The van der Waals surface area contributed by atoms with Crippen molar-refractivity contribution >= 4 is 22.9 Å². The second-order valence-electron chi connectivity index (χ2n) is 3.73. The van der Waals surface area contributed by atoms with Gasteiger partial charge in [-0.2, -0.15) is 0 Å². The van der Waals surface area contributed by atoms with E-state index in [9.17, 15) is 4.79 Å². The maximum atomic E-state index is 11.6. The number of para-hydroxylation sites is 2. The summed E-state index contributed by atoms with van der Waals surface area (Å²) < 4.78 is 0. The number of carbonyl (C=O) groups is 1. The number of anilines is 1. The van der Waals surface area contributed by atoms with Crippen molar-refractivity contribution in [3.05, 3.63) is 24.3 Å². The Kier molecular flexibility index (Phi) is 2.87. The molecule has 1 aromatic heterocycles. The minimum atomic E-state index is -0.215. The molecule has 4 N–H and O–H groups in total. The molecular weight excluding hydrogens is 204 g/mol. The van der Waals surface area contributed by atoms with Gasteiger partial charge in [-0.25, -0.2) is 4.98 Å². The van der Waals surface area contributed by atoms with Crippen molar-refractivity contribution < 1.29 is 4.79 Å². The van der Waals surface area contributed by atoms with E-state index in [2.05, 4.69) is 15.3 Å². The average Bonchev–Trinajstić information content (AvgIpc) is 2.69. The van der Waals surface area contributed by atoms with Gasteiger partial charge in [0.05, 0.1) is 11.0 Å². The van der Waals surface area contributed by atoms with Crippen molar-refractivity contribution in [1.29, 1.82) is 0 Å². The number of nitrogens with two attached hydrogens (primary N) is 1. The van der Waals surface area contributed by atoms with E-state index in [-0.39, 0.29) is 11.8 Å². The minimum Gasteiger partial charge on any atom is -0.330 e. The van der Waals surface area contributed by atoms with Gasteiger partial charge in [-0.3, -0.25) is 10.1 Å². The Hall–Kier alpha value is -1.88. The number of fused-ring (bicyclic) bond motifs is 1. The summed E-state index contributed by atoms with van der Waals surface area (Å²) in [6.07, 6.45) is 0. The van der Waals surface area contributed by atoms with E-state index >= 15 is 0 Å². The molecule has 16 heavy (non-hydrogen) atoms. The van der Waals surface area contributed by atoms with Crippen LogP contribution in [0.4, 0.5) is 5.95 Å². The number of H-pyrrole nitrogens is 1. The number of rotatable bonds is 3. The smallest absolute Gasteiger partial charge is 0.230 e. The van der Waals surface area contributed by atoms with E-state index in [1.807, 2.05) is 24.3 Å². The maximum Gasteiger partial charge on any atom is 0.230 e. The Balaban J connectivity index is 2.18. The molecule has 1 unspecified atom stereocenters. The fourth-order valence-electron chi connectivity index (χ4n) is 1.36. The lowest BCUT2D eigenvalue weighted by Gasteiger charge is -2.06. The van der Waals surface area contributed by atoms with Gasteiger partial charge in [0.2, 0.25) is 11.9 Å². The highest BCUT2D eigenvalue weighted by atomic mass is 16.2. The van der Waals surface area contributed by atoms with Crippen molar-refractivity contribution in [3.8, 4) is 0 Å². The number of hydrogen-bond acceptors (Lipinski definition) is 3. The zero-order valence-electron chi connectivity index (χ0n) is 9.03. The third kappa shape index (κ3) is 2.04. The van der Waals surface area contributed by atoms with Crippen LogP contribution < -0.4 is 11.1 Å². The summed E-state index contributed by atoms with van der Waals surface area (Å²) in [7, 11) is 0. The molecule has 5 heteroatoms. The molecule has 0 aliphatic heterocycles. The first-order valence-corrected chi connectivity index (χ1v) is 5.16. The summed E-state index contributed by atoms with van der Waals surface area (Å²) in [5.74, 6) is 0.126. The van der Waals surface area contributed by atoms with Crippen LogP contribution in [-0.4, -0.2) is 22.4 Å². The summed E-state index contributed by atoms with van der Waals surface area (Å²) in [6.45, 7) is 2.10. The first-order valence-electron chi connectivity index (χ1n) is 5.16. The molecule has 2 rings (SSSR count). The molecule has 0 spiro atoms. The molecule has 0 saturated heterocycles. The fraction of sp³-hybridized carbons (Fsp3) is 0.273. The molecule has 0 radical (unpaired) electrons. The predicted molar refractivity (Wildman–Crippen MR) is 62.9 cm³/mol. The Labute approximate surface area is 93.1 Å². The maximum absolute atomic E-state index is 11.6. The van der Waals surface area contributed by atoms with Gasteiger partial charge in [0.15, 0.2) is 0 Å². The van der Waals surface area contributed by atoms with Crippen LogP contribution >= 0.6 is 0 Å². The largest absolute Gasteiger partial charge is 0.330 e. The molecule has 0 aliphatic carbocycles. The lowest BCUT2D eigenvalue weighted by molar-refractivity contribution is -0.119. The monoisotopic (exact) mass is 218 g/mol. The minimum absolute atomic E-state index is 0.124. The SMILES string of the molecule is CC(CN)C(=O)Nc1nc2ccccc2[nH]1. The van der Waals surface area contributed by atoms with Crippen LogP contribution in [0.1, 0.15) is 6.92 Å². The number of aromatic nitrogens is 2. The number of nitrogens with one attached hydrogen (secondary N) is 2. The van der Waals surface area contributed by atoms with Gasteiger partial charge in [0.25, 0.3) is 0 Å². The summed E-state index contributed by atoms with van der Waals surface area (Å²) in [5.41, 5.74) is 7.14. The highest BCUT2D eigenvalue weighted by Crippen LogP contribution is 2.13. The van der Waals surface area contributed by atoms with Crippen LogP contribution in [0.25, 0.3) is 11.0 Å². The molecule has 0 fully saturated rings. The van der Waals surface area contributed by atoms with Gasteiger partial charge in [-0.15, -0.1) is 0 Å². The second-order valence-corrected chi connectivity index (χ2v) is 3.73. The Morgan fingerprint density at radius 1 is 1.56 bits per heavy atom. The van der Waals surface area contributed by atoms with Gasteiger partial charge >= 0.3 is 0 Å². The third-order valence-corrected chi connectivity index (χ3v) is 2.43. The molecule has 1 atom stereocenters. The van der Waals surface area contributed by atoms with Gasteiger partial charge in [-0.05, 0) is 12.1 Å². The number of amides is 1. The molecule has 1 amide bonds. The predicted octanol–water partition coefficient (Wildman–Crippen LogP) is 1.10. The summed E-state index contributed by atoms with van der Waals surface area (Å²) in [6, 6.07) is 7.60. The van der Waals surface area contributed by atoms with E-state index in [0.29, 0.717) is 12.5 Å². The van der Waals surface area contributed by atoms with E-state index in [1.54, 1.807) is 6.92 Å². The van der Waals surface area contributed by atoms with Gasteiger partial charge < -0.3 is 10.7 Å². The number of nitrogens with zero attached hydrogens (tertiary/aromatic N) is 1. The number of carbonyl (C=O) groups excluding carboxylic acids is 1. The zero-order chi connectivity index (χ0) is 11.5. The van der Waals surface area contributed by atoms with Gasteiger partial charge in [0, 0.05) is 12.5 Å². The van der Waals surface area contributed by atoms with Crippen LogP contribution in [0, 0.1) is 5.92 Å². The Bertz CT molecular complexity index is 472. The highest BCUT2D eigenvalue weighted by molar-refractivity contribution is 5.92. The van der Waals surface area contributed by atoms with Crippen molar-refractivity contribution in [1.82, 2.24) is 9.97 Å². The molecule has 0 bridgehead atoms. The van der Waals surface area contributed by atoms with E-state index in [0.717, 1.165) is 11.0 Å². The molecule has 0 aliphatic rings. The van der Waals surface area contributed by atoms with Crippen LogP contribution in [0.3, 0.4) is 0 Å². The first-order chi connectivity index (χ1) is 7.70. The molecule has 2 aromatic rings. The Morgan fingerprint density at radius 2 is 2.31 bits per heavy atom. The normalized spacial score (nSPS) is 12.6. The lowest BCUT2D eigenvalue weighted by atomic mass is 10.2. The fourth-order valence-corrected chi connectivity index (χ4v) is 1.36. The van der Waals surface area contributed by atoms with E-state index in [4.69, 9.17) is 5.73 Å². The molecular formula is C11H14N4O. The van der Waals surface area contributed by atoms with Crippen LogP contribution in [0.2, 0.25) is 0 Å². The van der Waals surface area contributed by atoms with Crippen molar-refractivity contribution in [2.45, 2.75) is 6.92 Å². The molecule has 1 aromatic carbocycles. The summed E-state index contributed by atoms with van der Waals surface area (Å²) >= 11 is 0. The molecule has 5 nitrogen and oxygen atoms in total. The van der Waals surface area contributed by atoms with Crippen molar-refractivity contribution in [2.24, 2.45) is 11.7 Å². The zero-order valence-corrected chi connectivity index (χ0v) is 9.03. The highest BCUT2D eigenvalue weighted by Gasteiger charge is 2.12. The summed E-state index contributed by atoms with van der Waals surface area (Å²) in [5, 5.41) is 2.70. The number of imidazole rings is 1. The second kappa shape index (κ2) is 4.32. The number of hydrogen-bond donors (Lipinski definition) is 3. The van der Waals surface area contributed by atoms with Gasteiger partial charge in [0.1, 0.15) is 0 Å². The summed E-state index contributed by atoms with van der Waals surface area (Å²) in [4.78, 5) is 18.8. The lowest BCUT2D eigenvalue weighted by Crippen LogP contribution is -2.27. The van der Waals surface area contributed by atoms with E-state index < -0.39 is 0 Å². The van der Waals surface area contributed by atoms with E-state index in [1.165, 1.54) is 0 Å². The van der Waals surface area contributed by atoms with Crippen LogP contribution in [0.15, 0.2) is 24.3 Å². The van der Waals surface area contributed by atoms with Crippen molar-refractivity contribution in [3.63, 3.8) is 0 Å². The molecule has 0 saturated carbocycles. The topological polar surface area (TPSA) is 83.8 Å². The van der Waals surface area contributed by atoms with Crippen LogP contribution in [-0.2, 0) is 4.79 Å². The number of aromatic amines is 1. The average molecular weight is 218 g/mol. The number of benzene rings is 1. The molecule has 84 valence electrons. The molecule has 1 heterocycles. The third-order valence-electron chi connectivity index (χ3n) is 2.43. The van der Waals surface area contributed by atoms with Crippen LogP contribution in [0.5, 0.6) is 0 Å². The van der Waals surface area contributed by atoms with Crippen molar-refractivity contribution in [2.75, 3.05) is 11.9 Å². The Morgan fingerprint density at radius 3 is 3.00 bits per heavy atom. The first kappa shape index (κ1) is 10.6. The van der Waals surface area contributed by atoms with Gasteiger partial charge in [-0.1, -0.05) is 19.1 Å². The quantitative estimate of drug-likeness (QED) is 0.721.